The third kappa shape index (κ3) is 5.11. The quantitative estimate of drug-likeness (QED) is 0.555. The van der Waals surface area contributed by atoms with E-state index in [1.807, 2.05) is 61.7 Å². The molecule has 2 aromatic carbocycles. The largest absolute Gasteiger partial charge is 0.343 e. The molecule has 0 aliphatic rings. The number of nitrogens with zero attached hydrogens (tertiary/aromatic N) is 2. The summed E-state index contributed by atoms with van der Waals surface area (Å²) in [6.07, 6.45) is 0.306. The van der Waals surface area contributed by atoms with Gasteiger partial charge in [-0.1, -0.05) is 48.2 Å². The van der Waals surface area contributed by atoms with Crippen molar-refractivity contribution in [2.45, 2.75) is 24.6 Å². The highest BCUT2D eigenvalue weighted by atomic mass is 32.2. The van der Waals surface area contributed by atoms with E-state index in [1.54, 1.807) is 4.90 Å². The Kier molecular flexibility index (Phi) is 7.06. The maximum atomic E-state index is 12.4. The summed E-state index contributed by atoms with van der Waals surface area (Å²) in [6, 6.07) is 13.8. The molecule has 0 spiro atoms. The average Bonchev–Trinajstić information content (AvgIpc) is 3.15. The predicted octanol–water partition coefficient (Wildman–Crippen LogP) is 4.44. The van der Waals surface area contributed by atoms with Gasteiger partial charge in [0.25, 0.3) is 0 Å². The predicted molar refractivity (Wildman–Crippen MR) is 117 cm³/mol. The highest BCUT2D eigenvalue weighted by Crippen LogP contribution is 2.25. The zero-order valence-electron chi connectivity index (χ0n) is 16.0. The molecule has 1 heterocycles. The van der Waals surface area contributed by atoms with Crippen molar-refractivity contribution in [1.82, 2.24) is 9.88 Å². The molecule has 28 heavy (non-hydrogen) atoms. The fourth-order valence-electron chi connectivity index (χ4n) is 2.93. The summed E-state index contributed by atoms with van der Waals surface area (Å²) in [5, 5.41) is 6.99. The summed E-state index contributed by atoms with van der Waals surface area (Å²) in [7, 11) is 0. The molecule has 0 aliphatic heterocycles. The number of aromatic nitrogens is 1. The van der Waals surface area contributed by atoms with Gasteiger partial charge in [0.05, 0.1) is 17.9 Å². The second kappa shape index (κ2) is 9.71. The number of carbonyl (C=O) groups excluding carboxylic acids is 2. The van der Waals surface area contributed by atoms with Gasteiger partial charge in [0.2, 0.25) is 11.8 Å². The molecule has 1 N–H and O–H groups in total. The van der Waals surface area contributed by atoms with Gasteiger partial charge in [-0.25, -0.2) is 4.98 Å². The van der Waals surface area contributed by atoms with Gasteiger partial charge in [0, 0.05) is 29.5 Å². The SMILES string of the molecule is CCN(CC)C(=O)Cc1csc(SCC(=O)Nc2cccc3ccccc23)n1. The molecule has 0 atom stereocenters. The lowest BCUT2D eigenvalue weighted by molar-refractivity contribution is -0.130. The number of amides is 2. The van der Waals surface area contributed by atoms with Crippen LogP contribution in [0.5, 0.6) is 0 Å². The minimum atomic E-state index is -0.0719. The van der Waals surface area contributed by atoms with Crippen LogP contribution in [0.4, 0.5) is 5.69 Å². The molecular weight excluding hydrogens is 390 g/mol. The number of hydrogen-bond donors (Lipinski definition) is 1. The number of carbonyl (C=O) groups is 2. The summed E-state index contributed by atoms with van der Waals surface area (Å²) in [4.78, 5) is 30.8. The van der Waals surface area contributed by atoms with Crippen molar-refractivity contribution in [3.8, 4) is 0 Å². The standard InChI is InChI=1S/C21H23N3O2S2/c1-3-24(4-2)20(26)12-16-13-27-21(22-16)28-14-19(25)23-18-11-7-9-15-8-5-6-10-17(15)18/h5-11,13H,3-4,12,14H2,1-2H3,(H,23,25). The molecule has 1 aromatic heterocycles. The van der Waals surface area contributed by atoms with Crippen LogP contribution in [0.25, 0.3) is 10.8 Å². The fraction of sp³-hybridized carbons (Fsp3) is 0.286. The minimum absolute atomic E-state index is 0.0719. The first kappa shape index (κ1) is 20.4. The van der Waals surface area contributed by atoms with Crippen LogP contribution in [-0.2, 0) is 16.0 Å². The van der Waals surface area contributed by atoms with Crippen LogP contribution >= 0.6 is 23.1 Å². The van der Waals surface area contributed by atoms with Crippen LogP contribution in [0.2, 0.25) is 0 Å². The molecule has 146 valence electrons. The van der Waals surface area contributed by atoms with Crippen molar-refractivity contribution >= 4 is 51.4 Å². The van der Waals surface area contributed by atoms with Crippen molar-refractivity contribution in [3.05, 3.63) is 53.5 Å². The van der Waals surface area contributed by atoms with Gasteiger partial charge in [-0.05, 0) is 25.3 Å². The van der Waals surface area contributed by atoms with Crippen LogP contribution in [-0.4, -0.2) is 40.5 Å². The van der Waals surface area contributed by atoms with Gasteiger partial charge in [-0.3, -0.25) is 9.59 Å². The van der Waals surface area contributed by atoms with Crippen LogP contribution in [0, 0.1) is 0 Å². The maximum absolute atomic E-state index is 12.4. The maximum Gasteiger partial charge on any atom is 0.234 e. The number of thioether (sulfide) groups is 1. The first-order valence-corrected chi connectivity index (χ1v) is 11.1. The summed E-state index contributed by atoms with van der Waals surface area (Å²) in [5.74, 6) is 0.290. The van der Waals surface area contributed by atoms with E-state index in [9.17, 15) is 9.59 Å². The topological polar surface area (TPSA) is 62.3 Å². The van der Waals surface area contributed by atoms with E-state index in [1.165, 1.54) is 23.1 Å². The van der Waals surface area contributed by atoms with Crippen molar-refractivity contribution in [2.24, 2.45) is 0 Å². The molecule has 5 nitrogen and oxygen atoms in total. The Morgan fingerprint density at radius 3 is 2.64 bits per heavy atom. The van der Waals surface area contributed by atoms with Crippen LogP contribution in [0.3, 0.4) is 0 Å². The number of anilines is 1. The molecule has 2 amide bonds. The number of rotatable bonds is 8. The molecule has 7 heteroatoms. The van der Waals surface area contributed by atoms with E-state index in [2.05, 4.69) is 10.3 Å². The number of fused-ring (bicyclic) bond motifs is 1. The third-order valence-electron chi connectivity index (χ3n) is 4.37. The lowest BCUT2D eigenvalue weighted by Gasteiger charge is -2.17. The number of nitrogens with one attached hydrogen (secondary N) is 1. The zero-order chi connectivity index (χ0) is 19.9. The smallest absolute Gasteiger partial charge is 0.234 e. The van der Waals surface area contributed by atoms with E-state index in [-0.39, 0.29) is 17.6 Å². The van der Waals surface area contributed by atoms with Gasteiger partial charge in [0.15, 0.2) is 4.34 Å². The van der Waals surface area contributed by atoms with Gasteiger partial charge >= 0.3 is 0 Å². The molecule has 3 aromatic rings. The molecule has 0 fully saturated rings. The number of benzene rings is 2. The molecule has 0 aliphatic carbocycles. The Labute approximate surface area is 173 Å². The van der Waals surface area contributed by atoms with Crippen molar-refractivity contribution < 1.29 is 9.59 Å². The molecule has 0 saturated carbocycles. The second-order valence-corrected chi connectivity index (χ2v) is 8.29. The summed E-state index contributed by atoms with van der Waals surface area (Å²) >= 11 is 2.86. The molecule has 0 unspecified atom stereocenters. The van der Waals surface area contributed by atoms with Crippen molar-refractivity contribution in [1.29, 1.82) is 0 Å². The van der Waals surface area contributed by atoms with Crippen LogP contribution in [0.15, 0.2) is 52.2 Å². The molecular formula is C21H23N3O2S2. The molecule has 0 saturated heterocycles. The van der Waals surface area contributed by atoms with E-state index in [0.29, 0.717) is 19.5 Å². The van der Waals surface area contributed by atoms with Gasteiger partial charge in [0.1, 0.15) is 0 Å². The van der Waals surface area contributed by atoms with Crippen molar-refractivity contribution in [3.63, 3.8) is 0 Å². The third-order valence-corrected chi connectivity index (χ3v) is 6.44. The Morgan fingerprint density at radius 2 is 1.86 bits per heavy atom. The van der Waals surface area contributed by atoms with Crippen LogP contribution in [0.1, 0.15) is 19.5 Å². The van der Waals surface area contributed by atoms with E-state index < -0.39 is 0 Å². The number of likely N-dealkylation sites (N-methyl/N-ethyl adjacent to an activating group) is 1. The summed E-state index contributed by atoms with van der Waals surface area (Å²) in [5.41, 5.74) is 1.58. The van der Waals surface area contributed by atoms with Crippen LogP contribution < -0.4 is 5.32 Å². The highest BCUT2D eigenvalue weighted by Gasteiger charge is 2.14. The highest BCUT2D eigenvalue weighted by molar-refractivity contribution is 8.01. The number of hydrogen-bond acceptors (Lipinski definition) is 5. The normalized spacial score (nSPS) is 10.8. The Hall–Kier alpha value is -2.38. The number of thiazole rings is 1. The van der Waals surface area contributed by atoms with Crippen molar-refractivity contribution in [2.75, 3.05) is 24.2 Å². The molecule has 0 radical (unpaired) electrons. The Bertz CT molecular complexity index is 962. The Morgan fingerprint density at radius 1 is 1.11 bits per heavy atom. The summed E-state index contributed by atoms with van der Waals surface area (Å²) < 4.78 is 0.801. The first-order valence-electron chi connectivity index (χ1n) is 9.23. The van der Waals surface area contributed by atoms with E-state index in [0.717, 1.165) is 26.5 Å². The Balaban J connectivity index is 1.55. The zero-order valence-corrected chi connectivity index (χ0v) is 17.6. The lowest BCUT2D eigenvalue weighted by Crippen LogP contribution is -2.31. The monoisotopic (exact) mass is 413 g/mol. The lowest BCUT2D eigenvalue weighted by atomic mass is 10.1. The first-order chi connectivity index (χ1) is 13.6. The average molecular weight is 414 g/mol. The van der Waals surface area contributed by atoms with Gasteiger partial charge in [-0.2, -0.15) is 0 Å². The minimum Gasteiger partial charge on any atom is -0.343 e. The second-order valence-electron chi connectivity index (χ2n) is 6.21. The fourth-order valence-corrected chi connectivity index (χ4v) is 4.57. The summed E-state index contributed by atoms with van der Waals surface area (Å²) in [6.45, 7) is 5.35. The van der Waals surface area contributed by atoms with E-state index in [4.69, 9.17) is 0 Å². The van der Waals surface area contributed by atoms with Gasteiger partial charge < -0.3 is 10.2 Å². The van der Waals surface area contributed by atoms with E-state index >= 15 is 0 Å². The van der Waals surface area contributed by atoms with Gasteiger partial charge in [-0.15, -0.1) is 11.3 Å². The molecule has 3 rings (SSSR count). The molecule has 0 bridgehead atoms.